The van der Waals surface area contributed by atoms with Crippen LogP contribution in [0.25, 0.3) is 0 Å². The first-order valence-electron chi connectivity index (χ1n) is 3.13. The van der Waals surface area contributed by atoms with Crippen LogP contribution in [-0.4, -0.2) is 25.8 Å². The fourth-order valence-corrected chi connectivity index (χ4v) is 0.412. The van der Waals surface area contributed by atoms with Crippen LogP contribution in [0.3, 0.4) is 0 Å². The standard InChI is InChI=1S/C4H6O3.C2H6/c5-4-3-6-1-2-7-4;1-2/h1-3H2;1-2H3. The predicted molar refractivity (Wildman–Crippen MR) is 33.1 cm³/mol. The van der Waals surface area contributed by atoms with Gasteiger partial charge in [-0.3, -0.25) is 0 Å². The Morgan fingerprint density at radius 3 is 2.22 bits per heavy atom. The topological polar surface area (TPSA) is 35.5 Å². The molecule has 9 heavy (non-hydrogen) atoms. The van der Waals surface area contributed by atoms with Crippen LogP contribution in [-0.2, 0) is 14.3 Å². The van der Waals surface area contributed by atoms with Crippen LogP contribution in [0.2, 0.25) is 0 Å². The molecule has 0 saturated carbocycles. The van der Waals surface area contributed by atoms with Crippen LogP contribution in [0, 0.1) is 0 Å². The van der Waals surface area contributed by atoms with Crippen LogP contribution < -0.4 is 0 Å². The number of ether oxygens (including phenoxy) is 2. The second kappa shape index (κ2) is 5.56. The smallest absolute Gasteiger partial charge is 0.332 e. The molecule has 0 unspecified atom stereocenters. The predicted octanol–water partition coefficient (Wildman–Crippen LogP) is 0.586. The number of carbonyl (C=O) groups is 1. The zero-order valence-corrected chi connectivity index (χ0v) is 5.85. The summed E-state index contributed by atoms with van der Waals surface area (Å²) in [6, 6.07) is 0. The van der Waals surface area contributed by atoms with Crippen LogP contribution in [0.15, 0.2) is 0 Å². The van der Waals surface area contributed by atoms with E-state index in [1.807, 2.05) is 13.8 Å². The van der Waals surface area contributed by atoms with Gasteiger partial charge in [0.05, 0.1) is 6.61 Å². The average molecular weight is 132 g/mol. The molecule has 54 valence electrons. The summed E-state index contributed by atoms with van der Waals surface area (Å²) in [5, 5.41) is 0. The van der Waals surface area contributed by atoms with Gasteiger partial charge in [-0.2, -0.15) is 0 Å². The van der Waals surface area contributed by atoms with E-state index in [9.17, 15) is 4.79 Å². The average Bonchev–Trinajstić information content (AvgIpc) is 1.94. The second-order valence-corrected chi connectivity index (χ2v) is 1.27. The summed E-state index contributed by atoms with van der Waals surface area (Å²) in [5.41, 5.74) is 0. The Labute approximate surface area is 55.0 Å². The molecule has 0 N–H and O–H groups in total. The third kappa shape index (κ3) is 3.97. The lowest BCUT2D eigenvalue weighted by Crippen LogP contribution is -2.22. The maximum atomic E-state index is 10.1. The minimum absolute atomic E-state index is 0.125. The van der Waals surface area contributed by atoms with Gasteiger partial charge in [0.1, 0.15) is 13.2 Å². The first-order chi connectivity index (χ1) is 4.39. The van der Waals surface area contributed by atoms with E-state index in [4.69, 9.17) is 4.74 Å². The largest absolute Gasteiger partial charge is 0.462 e. The maximum Gasteiger partial charge on any atom is 0.332 e. The lowest BCUT2D eigenvalue weighted by molar-refractivity contribution is -0.159. The highest BCUT2D eigenvalue weighted by molar-refractivity contribution is 5.71. The molecular weight excluding hydrogens is 120 g/mol. The van der Waals surface area contributed by atoms with E-state index in [-0.39, 0.29) is 12.6 Å². The molecule has 3 heteroatoms. The van der Waals surface area contributed by atoms with Crippen molar-refractivity contribution in [1.29, 1.82) is 0 Å². The van der Waals surface area contributed by atoms with Gasteiger partial charge in [-0.1, -0.05) is 13.8 Å². The molecule has 0 spiro atoms. The zero-order valence-electron chi connectivity index (χ0n) is 5.85. The molecule has 0 aliphatic carbocycles. The molecule has 1 saturated heterocycles. The highest BCUT2D eigenvalue weighted by Crippen LogP contribution is 1.88. The number of carbonyl (C=O) groups excluding carboxylic acids is 1. The van der Waals surface area contributed by atoms with Gasteiger partial charge < -0.3 is 9.47 Å². The third-order valence-corrected chi connectivity index (χ3v) is 0.711. The molecular formula is C6H12O3. The van der Waals surface area contributed by atoms with Crippen LogP contribution >= 0.6 is 0 Å². The van der Waals surface area contributed by atoms with Crippen molar-refractivity contribution in [2.24, 2.45) is 0 Å². The number of rotatable bonds is 0. The SMILES string of the molecule is CC.O=C1COCCO1. The fourth-order valence-electron chi connectivity index (χ4n) is 0.412. The Kier molecular flexibility index (Phi) is 5.21. The van der Waals surface area contributed by atoms with Gasteiger partial charge in [-0.25, -0.2) is 4.79 Å². The Morgan fingerprint density at radius 2 is 2.00 bits per heavy atom. The number of cyclic esters (lactones) is 1. The molecule has 0 radical (unpaired) electrons. The molecule has 1 fully saturated rings. The Bertz CT molecular complexity index is 72.4. The summed E-state index contributed by atoms with van der Waals surface area (Å²) >= 11 is 0. The lowest BCUT2D eigenvalue weighted by atomic mass is 10.6. The van der Waals surface area contributed by atoms with E-state index in [0.29, 0.717) is 13.2 Å². The maximum absolute atomic E-state index is 10.1. The van der Waals surface area contributed by atoms with Gasteiger partial charge in [-0.15, -0.1) is 0 Å². The Hall–Kier alpha value is -0.570. The number of hydrogen-bond donors (Lipinski definition) is 0. The third-order valence-electron chi connectivity index (χ3n) is 0.711. The van der Waals surface area contributed by atoms with Crippen molar-refractivity contribution < 1.29 is 14.3 Å². The van der Waals surface area contributed by atoms with E-state index in [2.05, 4.69) is 4.74 Å². The fraction of sp³-hybridized carbons (Fsp3) is 0.833. The molecule has 1 heterocycles. The van der Waals surface area contributed by atoms with Crippen molar-refractivity contribution in [3.8, 4) is 0 Å². The van der Waals surface area contributed by atoms with Gasteiger partial charge in [0.15, 0.2) is 0 Å². The molecule has 0 aromatic heterocycles. The quantitative estimate of drug-likeness (QED) is 0.452. The summed E-state index contributed by atoms with van der Waals surface area (Å²) in [6.45, 7) is 5.09. The molecule has 0 bridgehead atoms. The van der Waals surface area contributed by atoms with Crippen molar-refractivity contribution in [2.45, 2.75) is 13.8 Å². The normalized spacial score (nSPS) is 17.3. The van der Waals surface area contributed by atoms with Gasteiger partial charge in [-0.05, 0) is 0 Å². The molecule has 3 nitrogen and oxygen atoms in total. The molecule has 1 rings (SSSR count). The minimum Gasteiger partial charge on any atom is -0.462 e. The van der Waals surface area contributed by atoms with Gasteiger partial charge >= 0.3 is 5.97 Å². The second-order valence-electron chi connectivity index (χ2n) is 1.27. The first-order valence-corrected chi connectivity index (χ1v) is 3.13. The molecule has 0 aromatic carbocycles. The first kappa shape index (κ1) is 8.43. The van der Waals surface area contributed by atoms with Crippen molar-refractivity contribution in [2.75, 3.05) is 19.8 Å². The highest BCUT2D eigenvalue weighted by atomic mass is 16.6. The zero-order chi connectivity index (χ0) is 7.11. The molecule has 0 aromatic rings. The van der Waals surface area contributed by atoms with Crippen molar-refractivity contribution in [3.63, 3.8) is 0 Å². The molecule has 0 amide bonds. The Morgan fingerprint density at radius 1 is 1.33 bits per heavy atom. The highest BCUT2D eigenvalue weighted by Gasteiger charge is 2.06. The van der Waals surface area contributed by atoms with Crippen molar-refractivity contribution >= 4 is 5.97 Å². The van der Waals surface area contributed by atoms with Crippen molar-refractivity contribution in [3.05, 3.63) is 0 Å². The lowest BCUT2D eigenvalue weighted by Gasteiger charge is -2.09. The molecule has 1 aliphatic heterocycles. The van der Waals surface area contributed by atoms with E-state index in [1.54, 1.807) is 0 Å². The summed E-state index contributed by atoms with van der Waals surface area (Å²) < 4.78 is 9.22. The molecule has 1 aliphatic rings. The summed E-state index contributed by atoms with van der Waals surface area (Å²) in [5.74, 6) is -0.258. The van der Waals surface area contributed by atoms with Crippen LogP contribution in [0.1, 0.15) is 13.8 Å². The minimum atomic E-state index is -0.258. The summed E-state index contributed by atoms with van der Waals surface area (Å²) in [6.07, 6.45) is 0. The van der Waals surface area contributed by atoms with Gasteiger partial charge in [0.2, 0.25) is 0 Å². The van der Waals surface area contributed by atoms with E-state index in [0.717, 1.165) is 0 Å². The van der Waals surface area contributed by atoms with Crippen LogP contribution in [0.4, 0.5) is 0 Å². The van der Waals surface area contributed by atoms with E-state index >= 15 is 0 Å². The molecule has 0 atom stereocenters. The van der Waals surface area contributed by atoms with Gasteiger partial charge in [0, 0.05) is 0 Å². The Balaban J connectivity index is 0.000000291. The van der Waals surface area contributed by atoms with Gasteiger partial charge in [0.25, 0.3) is 0 Å². The van der Waals surface area contributed by atoms with Crippen molar-refractivity contribution in [1.82, 2.24) is 0 Å². The number of hydrogen-bond acceptors (Lipinski definition) is 3. The summed E-state index contributed by atoms with van der Waals surface area (Å²) in [7, 11) is 0. The monoisotopic (exact) mass is 132 g/mol. The summed E-state index contributed by atoms with van der Waals surface area (Å²) in [4.78, 5) is 10.1. The van der Waals surface area contributed by atoms with E-state index in [1.165, 1.54) is 0 Å². The number of esters is 1. The van der Waals surface area contributed by atoms with E-state index < -0.39 is 0 Å². The van der Waals surface area contributed by atoms with Crippen LogP contribution in [0.5, 0.6) is 0 Å².